The SMILES string of the molecule is CCONC(=O)C(CN)c1ccccc1. The molecule has 0 aliphatic heterocycles. The Morgan fingerprint density at radius 1 is 1.47 bits per heavy atom. The second kappa shape index (κ2) is 6.16. The zero-order valence-corrected chi connectivity index (χ0v) is 8.77. The van der Waals surface area contributed by atoms with E-state index in [1.807, 2.05) is 30.3 Å². The molecular formula is C11H16N2O2. The van der Waals surface area contributed by atoms with Gasteiger partial charge in [0.1, 0.15) is 0 Å². The molecule has 0 aliphatic carbocycles. The lowest BCUT2D eigenvalue weighted by molar-refractivity contribution is -0.134. The summed E-state index contributed by atoms with van der Waals surface area (Å²) in [7, 11) is 0. The van der Waals surface area contributed by atoms with Gasteiger partial charge >= 0.3 is 0 Å². The fourth-order valence-corrected chi connectivity index (χ4v) is 1.29. The molecule has 0 heterocycles. The van der Waals surface area contributed by atoms with E-state index in [4.69, 9.17) is 10.6 Å². The molecule has 0 bridgehead atoms. The van der Waals surface area contributed by atoms with Crippen molar-refractivity contribution in [2.45, 2.75) is 12.8 Å². The molecule has 4 heteroatoms. The van der Waals surface area contributed by atoms with E-state index in [0.29, 0.717) is 6.61 Å². The molecule has 1 aromatic carbocycles. The van der Waals surface area contributed by atoms with Crippen LogP contribution in [0.2, 0.25) is 0 Å². The summed E-state index contributed by atoms with van der Waals surface area (Å²) in [4.78, 5) is 16.5. The summed E-state index contributed by atoms with van der Waals surface area (Å²) < 4.78 is 0. The summed E-state index contributed by atoms with van der Waals surface area (Å²) in [5.41, 5.74) is 8.82. The van der Waals surface area contributed by atoms with Gasteiger partial charge in [0.2, 0.25) is 0 Å². The first kappa shape index (κ1) is 11.7. The average Bonchev–Trinajstić information content (AvgIpc) is 2.29. The molecule has 1 unspecified atom stereocenters. The van der Waals surface area contributed by atoms with E-state index in [2.05, 4.69) is 5.48 Å². The molecule has 0 saturated heterocycles. The average molecular weight is 208 g/mol. The van der Waals surface area contributed by atoms with Crippen LogP contribution in [-0.2, 0) is 9.63 Å². The van der Waals surface area contributed by atoms with Gasteiger partial charge in [-0.05, 0) is 12.5 Å². The number of nitrogens with one attached hydrogen (secondary N) is 1. The summed E-state index contributed by atoms with van der Waals surface area (Å²) in [6.45, 7) is 2.51. The van der Waals surface area contributed by atoms with Gasteiger partial charge in [-0.25, -0.2) is 5.48 Å². The van der Waals surface area contributed by atoms with Crippen LogP contribution >= 0.6 is 0 Å². The van der Waals surface area contributed by atoms with Crippen LogP contribution in [0.3, 0.4) is 0 Å². The number of nitrogens with two attached hydrogens (primary N) is 1. The van der Waals surface area contributed by atoms with Crippen molar-refractivity contribution in [3.05, 3.63) is 35.9 Å². The van der Waals surface area contributed by atoms with Gasteiger partial charge in [-0.2, -0.15) is 0 Å². The largest absolute Gasteiger partial charge is 0.329 e. The third kappa shape index (κ3) is 3.34. The number of carbonyl (C=O) groups excluding carboxylic acids is 1. The lowest BCUT2D eigenvalue weighted by Crippen LogP contribution is -2.33. The lowest BCUT2D eigenvalue weighted by atomic mass is 9.99. The third-order valence-electron chi connectivity index (χ3n) is 2.07. The molecule has 0 aliphatic rings. The number of carbonyl (C=O) groups is 1. The molecule has 3 N–H and O–H groups in total. The van der Waals surface area contributed by atoms with E-state index >= 15 is 0 Å². The molecule has 0 aromatic heterocycles. The van der Waals surface area contributed by atoms with Gasteiger partial charge in [-0.3, -0.25) is 9.63 Å². The van der Waals surface area contributed by atoms with Gasteiger partial charge in [-0.15, -0.1) is 0 Å². The molecule has 0 spiro atoms. The van der Waals surface area contributed by atoms with Crippen molar-refractivity contribution in [2.75, 3.05) is 13.2 Å². The number of rotatable bonds is 5. The Morgan fingerprint density at radius 3 is 2.67 bits per heavy atom. The van der Waals surface area contributed by atoms with Crippen LogP contribution in [0.5, 0.6) is 0 Å². The smallest absolute Gasteiger partial charge is 0.252 e. The standard InChI is InChI=1S/C11H16N2O2/c1-2-15-13-11(14)10(8-12)9-6-4-3-5-7-9/h3-7,10H,2,8,12H2,1H3,(H,13,14). The van der Waals surface area contributed by atoms with Crippen LogP contribution in [0.1, 0.15) is 18.4 Å². The zero-order valence-electron chi connectivity index (χ0n) is 8.77. The van der Waals surface area contributed by atoms with E-state index in [9.17, 15) is 4.79 Å². The molecular weight excluding hydrogens is 192 g/mol. The van der Waals surface area contributed by atoms with Crippen molar-refractivity contribution in [3.63, 3.8) is 0 Å². The Kier molecular flexibility index (Phi) is 4.80. The number of benzene rings is 1. The molecule has 0 saturated carbocycles. The Labute approximate surface area is 89.4 Å². The maximum absolute atomic E-state index is 11.6. The van der Waals surface area contributed by atoms with Gasteiger partial charge in [0.05, 0.1) is 12.5 Å². The number of hydroxylamine groups is 1. The third-order valence-corrected chi connectivity index (χ3v) is 2.07. The van der Waals surface area contributed by atoms with Crippen LogP contribution in [0.4, 0.5) is 0 Å². The summed E-state index contributed by atoms with van der Waals surface area (Å²) in [6, 6.07) is 9.42. The van der Waals surface area contributed by atoms with Gasteiger partial charge in [-0.1, -0.05) is 30.3 Å². The van der Waals surface area contributed by atoms with Crippen molar-refractivity contribution in [2.24, 2.45) is 5.73 Å². The van der Waals surface area contributed by atoms with Gasteiger partial charge in [0.25, 0.3) is 5.91 Å². The first-order valence-electron chi connectivity index (χ1n) is 4.96. The minimum absolute atomic E-state index is 0.203. The van der Waals surface area contributed by atoms with Crippen LogP contribution in [0.15, 0.2) is 30.3 Å². The number of hydrogen-bond acceptors (Lipinski definition) is 3. The zero-order chi connectivity index (χ0) is 11.1. The number of amides is 1. The topological polar surface area (TPSA) is 64.3 Å². The van der Waals surface area contributed by atoms with E-state index in [1.165, 1.54) is 0 Å². The van der Waals surface area contributed by atoms with Crippen molar-refractivity contribution in [1.82, 2.24) is 5.48 Å². The van der Waals surface area contributed by atoms with Gasteiger partial charge in [0, 0.05) is 6.54 Å². The molecule has 1 atom stereocenters. The van der Waals surface area contributed by atoms with Crippen LogP contribution < -0.4 is 11.2 Å². The van der Waals surface area contributed by atoms with E-state index in [0.717, 1.165) is 5.56 Å². The minimum Gasteiger partial charge on any atom is -0.329 e. The maximum Gasteiger partial charge on any atom is 0.252 e. The van der Waals surface area contributed by atoms with Crippen molar-refractivity contribution >= 4 is 5.91 Å². The van der Waals surface area contributed by atoms with E-state index in [-0.39, 0.29) is 18.4 Å². The summed E-state index contributed by atoms with van der Waals surface area (Å²) in [5.74, 6) is -0.552. The molecule has 0 fully saturated rings. The lowest BCUT2D eigenvalue weighted by Gasteiger charge is -2.14. The molecule has 1 aromatic rings. The second-order valence-electron chi connectivity index (χ2n) is 3.10. The molecule has 1 amide bonds. The van der Waals surface area contributed by atoms with Crippen LogP contribution in [-0.4, -0.2) is 19.1 Å². The Morgan fingerprint density at radius 2 is 2.13 bits per heavy atom. The van der Waals surface area contributed by atoms with Crippen molar-refractivity contribution in [3.8, 4) is 0 Å². The number of hydrogen-bond donors (Lipinski definition) is 2. The Hall–Kier alpha value is -1.39. The van der Waals surface area contributed by atoms with Gasteiger partial charge in [0.15, 0.2) is 0 Å². The highest BCUT2D eigenvalue weighted by Gasteiger charge is 2.18. The first-order valence-corrected chi connectivity index (χ1v) is 4.96. The Balaban J connectivity index is 2.67. The highest BCUT2D eigenvalue weighted by molar-refractivity contribution is 5.82. The Bertz CT molecular complexity index is 301. The fraction of sp³-hybridized carbons (Fsp3) is 0.364. The monoisotopic (exact) mass is 208 g/mol. The summed E-state index contributed by atoms with van der Waals surface area (Å²) in [5, 5.41) is 0. The first-order chi connectivity index (χ1) is 7.29. The molecule has 82 valence electrons. The maximum atomic E-state index is 11.6. The highest BCUT2D eigenvalue weighted by atomic mass is 16.6. The fourth-order valence-electron chi connectivity index (χ4n) is 1.29. The quantitative estimate of drug-likeness (QED) is 0.703. The van der Waals surface area contributed by atoms with E-state index in [1.54, 1.807) is 6.92 Å². The molecule has 1 rings (SSSR count). The molecule has 4 nitrogen and oxygen atoms in total. The highest BCUT2D eigenvalue weighted by Crippen LogP contribution is 2.13. The van der Waals surface area contributed by atoms with Crippen LogP contribution in [0.25, 0.3) is 0 Å². The predicted molar refractivity (Wildman–Crippen MR) is 58.0 cm³/mol. The normalized spacial score (nSPS) is 12.1. The molecule has 15 heavy (non-hydrogen) atoms. The predicted octanol–water partition coefficient (Wildman–Crippen LogP) is 0.797. The van der Waals surface area contributed by atoms with Crippen molar-refractivity contribution in [1.29, 1.82) is 0 Å². The van der Waals surface area contributed by atoms with E-state index < -0.39 is 0 Å². The van der Waals surface area contributed by atoms with Crippen molar-refractivity contribution < 1.29 is 9.63 Å². The van der Waals surface area contributed by atoms with Crippen LogP contribution in [0, 0.1) is 0 Å². The minimum atomic E-state index is -0.349. The summed E-state index contributed by atoms with van der Waals surface area (Å²) in [6.07, 6.45) is 0. The van der Waals surface area contributed by atoms with Gasteiger partial charge < -0.3 is 5.73 Å². The molecule has 0 radical (unpaired) electrons. The summed E-state index contributed by atoms with van der Waals surface area (Å²) >= 11 is 0. The second-order valence-corrected chi connectivity index (χ2v) is 3.10.